The fourth-order valence-corrected chi connectivity index (χ4v) is 0.596. The predicted octanol–water partition coefficient (Wildman–Crippen LogP) is -0.198. The van der Waals surface area contributed by atoms with Crippen molar-refractivity contribution < 1.29 is 9.59 Å². The van der Waals surface area contributed by atoms with Crippen LogP contribution in [0, 0.1) is 0 Å². The van der Waals surface area contributed by atoms with Crippen molar-refractivity contribution in [3.05, 3.63) is 18.2 Å². The van der Waals surface area contributed by atoms with Gasteiger partial charge in [0.15, 0.2) is 0 Å². The van der Waals surface area contributed by atoms with Crippen LogP contribution in [0.15, 0.2) is 12.4 Å². The Kier molecular flexibility index (Phi) is 1.94. The van der Waals surface area contributed by atoms with E-state index in [0.29, 0.717) is 12.1 Å². The third-order valence-electron chi connectivity index (χ3n) is 1.08. The largest absolute Gasteiger partial charge is 0.348 e. The van der Waals surface area contributed by atoms with Crippen molar-refractivity contribution in [2.75, 3.05) is 0 Å². The number of imidazole rings is 1. The lowest BCUT2D eigenvalue weighted by Crippen LogP contribution is -2.02. The molecule has 0 saturated heterocycles. The minimum atomic E-state index is -0.866. The first-order valence-electron chi connectivity index (χ1n) is 2.70. The molecule has 0 saturated carbocycles. The maximum atomic E-state index is 10.1. The van der Waals surface area contributed by atoms with Crippen molar-refractivity contribution in [2.45, 2.75) is 5.92 Å². The number of hydrogen-bond donors (Lipinski definition) is 1. The number of carbonyl (C=O) groups excluding carboxylic acids is 2. The molecular formula is C6H5N2O2. The number of nitrogens with one attached hydrogen (secondary N) is 1. The monoisotopic (exact) mass is 137 g/mol. The topological polar surface area (TPSA) is 62.8 Å². The molecule has 51 valence electrons. The SMILES string of the molecule is O=[C]C(C=O)c1ncc[nH]1. The van der Waals surface area contributed by atoms with Crippen LogP contribution >= 0.6 is 0 Å². The second-order valence-corrected chi connectivity index (χ2v) is 1.71. The third-order valence-corrected chi connectivity index (χ3v) is 1.08. The van der Waals surface area contributed by atoms with Crippen LogP contribution in [0.25, 0.3) is 0 Å². The number of H-pyrrole nitrogens is 1. The molecule has 1 atom stereocenters. The molecule has 0 fully saturated rings. The van der Waals surface area contributed by atoms with Gasteiger partial charge in [-0.3, -0.25) is 4.79 Å². The van der Waals surface area contributed by atoms with Crippen molar-refractivity contribution >= 4 is 12.6 Å². The maximum absolute atomic E-state index is 10.1. The van der Waals surface area contributed by atoms with Gasteiger partial charge in [-0.25, -0.2) is 4.98 Å². The molecule has 0 aliphatic rings. The van der Waals surface area contributed by atoms with Crippen LogP contribution in [-0.4, -0.2) is 22.5 Å². The van der Waals surface area contributed by atoms with E-state index in [1.54, 1.807) is 12.5 Å². The number of nitrogens with zero attached hydrogens (tertiary/aromatic N) is 1. The minimum absolute atomic E-state index is 0.338. The molecule has 1 N–H and O–H groups in total. The van der Waals surface area contributed by atoms with Crippen molar-refractivity contribution in [3.8, 4) is 0 Å². The highest BCUT2D eigenvalue weighted by molar-refractivity contribution is 5.83. The second kappa shape index (κ2) is 2.91. The molecule has 0 spiro atoms. The average molecular weight is 137 g/mol. The van der Waals surface area contributed by atoms with Gasteiger partial charge in [-0.1, -0.05) is 0 Å². The number of carbonyl (C=O) groups is 1. The van der Waals surface area contributed by atoms with Crippen LogP contribution in [0.3, 0.4) is 0 Å². The summed E-state index contributed by atoms with van der Waals surface area (Å²) in [6.07, 6.45) is 5.05. The lowest BCUT2D eigenvalue weighted by atomic mass is 10.2. The molecule has 0 aromatic carbocycles. The summed E-state index contributed by atoms with van der Waals surface area (Å²) in [5.74, 6) is -0.528. The van der Waals surface area contributed by atoms with Crippen molar-refractivity contribution in [2.24, 2.45) is 0 Å². The van der Waals surface area contributed by atoms with Crippen LogP contribution in [0.4, 0.5) is 0 Å². The molecule has 1 rings (SSSR count). The Morgan fingerprint density at radius 2 is 2.60 bits per heavy atom. The van der Waals surface area contributed by atoms with E-state index in [0.717, 1.165) is 0 Å². The summed E-state index contributed by atoms with van der Waals surface area (Å²) in [5, 5.41) is 0. The summed E-state index contributed by atoms with van der Waals surface area (Å²) in [5.41, 5.74) is 0. The van der Waals surface area contributed by atoms with Gasteiger partial charge in [-0.15, -0.1) is 0 Å². The highest BCUT2D eigenvalue weighted by atomic mass is 16.1. The van der Waals surface area contributed by atoms with Crippen LogP contribution in [0.1, 0.15) is 11.7 Å². The summed E-state index contributed by atoms with van der Waals surface area (Å²) in [6, 6.07) is 0. The van der Waals surface area contributed by atoms with Gasteiger partial charge in [0.05, 0.1) is 0 Å². The molecule has 4 nitrogen and oxygen atoms in total. The van der Waals surface area contributed by atoms with E-state index in [4.69, 9.17) is 0 Å². The number of hydrogen-bond acceptors (Lipinski definition) is 3. The molecule has 0 aliphatic carbocycles. The zero-order valence-electron chi connectivity index (χ0n) is 5.07. The first-order chi connectivity index (χ1) is 4.88. The first kappa shape index (κ1) is 6.67. The Morgan fingerprint density at radius 1 is 1.80 bits per heavy atom. The van der Waals surface area contributed by atoms with Gasteiger partial charge in [0.2, 0.25) is 6.29 Å². The molecule has 1 heterocycles. The Balaban J connectivity index is 2.82. The van der Waals surface area contributed by atoms with E-state index in [1.807, 2.05) is 0 Å². The van der Waals surface area contributed by atoms with E-state index >= 15 is 0 Å². The standard InChI is InChI=1S/C6H5N2O2/c9-3-5(4-10)6-7-1-2-8-6/h1-3,5H,(H,7,8). The second-order valence-electron chi connectivity index (χ2n) is 1.71. The fraction of sp³-hybridized carbons (Fsp3) is 0.167. The zero-order chi connectivity index (χ0) is 7.40. The van der Waals surface area contributed by atoms with Crippen LogP contribution in [0.5, 0.6) is 0 Å². The first-order valence-corrected chi connectivity index (χ1v) is 2.70. The van der Waals surface area contributed by atoms with Gasteiger partial charge in [0, 0.05) is 12.4 Å². The third kappa shape index (κ3) is 1.10. The van der Waals surface area contributed by atoms with Crippen LogP contribution in [0.2, 0.25) is 0 Å². The van der Waals surface area contributed by atoms with Gasteiger partial charge in [0.25, 0.3) is 0 Å². The molecule has 1 radical (unpaired) electrons. The lowest BCUT2D eigenvalue weighted by Gasteiger charge is -1.91. The van der Waals surface area contributed by atoms with Crippen molar-refractivity contribution in [3.63, 3.8) is 0 Å². The minimum Gasteiger partial charge on any atom is -0.348 e. The summed E-state index contributed by atoms with van der Waals surface area (Å²) >= 11 is 0. The van der Waals surface area contributed by atoms with E-state index in [1.165, 1.54) is 6.20 Å². The Hall–Kier alpha value is -1.45. The van der Waals surface area contributed by atoms with E-state index in [2.05, 4.69) is 9.97 Å². The summed E-state index contributed by atoms with van der Waals surface area (Å²) < 4.78 is 0. The van der Waals surface area contributed by atoms with Crippen LogP contribution in [-0.2, 0) is 9.59 Å². The summed E-state index contributed by atoms with van der Waals surface area (Å²) in [6.45, 7) is 0. The molecule has 1 unspecified atom stereocenters. The lowest BCUT2D eigenvalue weighted by molar-refractivity contribution is -0.108. The van der Waals surface area contributed by atoms with Crippen molar-refractivity contribution in [1.29, 1.82) is 0 Å². The van der Waals surface area contributed by atoms with E-state index in [9.17, 15) is 9.59 Å². The maximum Gasteiger partial charge on any atom is 0.217 e. The Labute approximate surface area is 57.3 Å². The Morgan fingerprint density at radius 3 is 3.00 bits per heavy atom. The average Bonchev–Trinajstić information content (AvgIpc) is 2.43. The highest BCUT2D eigenvalue weighted by Gasteiger charge is 2.10. The number of aromatic nitrogens is 2. The molecular weight excluding hydrogens is 132 g/mol. The summed E-state index contributed by atoms with van der Waals surface area (Å²) in [4.78, 5) is 26.5. The molecule has 0 amide bonds. The van der Waals surface area contributed by atoms with Gasteiger partial charge in [-0.05, 0) is 0 Å². The molecule has 1 aromatic rings. The predicted molar refractivity (Wildman–Crippen MR) is 33.1 cm³/mol. The van der Waals surface area contributed by atoms with Gasteiger partial charge in [0.1, 0.15) is 18.0 Å². The van der Waals surface area contributed by atoms with Crippen LogP contribution < -0.4 is 0 Å². The number of aromatic amines is 1. The van der Waals surface area contributed by atoms with Crippen molar-refractivity contribution in [1.82, 2.24) is 9.97 Å². The Bertz CT molecular complexity index is 210. The molecule has 1 aromatic heterocycles. The molecule has 4 heteroatoms. The van der Waals surface area contributed by atoms with Gasteiger partial charge >= 0.3 is 0 Å². The number of aldehydes is 1. The van der Waals surface area contributed by atoms with Gasteiger partial charge in [-0.2, -0.15) is 0 Å². The van der Waals surface area contributed by atoms with E-state index < -0.39 is 5.92 Å². The normalized spacial score (nSPS) is 9.70. The van der Waals surface area contributed by atoms with Gasteiger partial charge < -0.3 is 9.78 Å². The highest BCUT2D eigenvalue weighted by Crippen LogP contribution is 2.02. The summed E-state index contributed by atoms with van der Waals surface area (Å²) in [7, 11) is 0. The number of rotatable bonds is 3. The quantitative estimate of drug-likeness (QED) is 0.463. The smallest absolute Gasteiger partial charge is 0.217 e. The molecule has 0 bridgehead atoms. The molecule has 10 heavy (non-hydrogen) atoms. The zero-order valence-corrected chi connectivity index (χ0v) is 5.07. The molecule has 0 aliphatic heterocycles. The fourth-order valence-electron chi connectivity index (χ4n) is 0.596. The van der Waals surface area contributed by atoms with E-state index in [-0.39, 0.29) is 0 Å².